The maximum atomic E-state index is 14.7. The van der Waals surface area contributed by atoms with Gasteiger partial charge in [0, 0.05) is 95.3 Å². The summed E-state index contributed by atoms with van der Waals surface area (Å²) >= 11 is 0. The number of aryl methyl sites for hydroxylation is 1. The lowest BCUT2D eigenvalue weighted by molar-refractivity contribution is -0.265. The molecule has 1 aliphatic carbocycles. The number of carbonyl (C=O) groups excluding carboxylic acids is 6. The Morgan fingerprint density at radius 1 is 0.734 bits per heavy atom. The molecule has 2 amide bonds. The third-order valence-corrected chi connectivity index (χ3v) is 24.2. The Bertz CT molecular complexity index is 4400. The number of anilines is 2. The Hall–Kier alpha value is -8.28. The van der Waals surface area contributed by atoms with Crippen LogP contribution in [0.2, 0.25) is 0 Å². The molecule has 36 nitrogen and oxygen atoms in total. The van der Waals surface area contributed by atoms with Crippen LogP contribution < -0.4 is 22.5 Å². The number of fused-ring (bicyclic) bond motifs is 5. The number of aliphatic hydroxyl groups excluding tert-OH is 2. The van der Waals surface area contributed by atoms with Gasteiger partial charge in [-0.25, -0.2) is 24.1 Å². The summed E-state index contributed by atoms with van der Waals surface area (Å²) in [6.07, 6.45) is 15.6. The van der Waals surface area contributed by atoms with E-state index in [9.17, 15) is 44.1 Å². The second-order valence-corrected chi connectivity index (χ2v) is 34.9. The van der Waals surface area contributed by atoms with Crippen LogP contribution in [0.4, 0.5) is 11.8 Å². The van der Waals surface area contributed by atoms with Gasteiger partial charge in [-0.3, -0.25) is 24.0 Å². The lowest BCUT2D eigenvalue weighted by Gasteiger charge is -2.42. The highest BCUT2D eigenvalue weighted by atomic mass is 16.6. The van der Waals surface area contributed by atoms with E-state index in [-0.39, 0.29) is 85.8 Å². The molecule has 4 aliphatic rings. The first-order valence-corrected chi connectivity index (χ1v) is 45.5. The van der Waals surface area contributed by atoms with Crippen molar-refractivity contribution in [2.45, 2.75) is 238 Å². The van der Waals surface area contributed by atoms with E-state index in [2.05, 4.69) is 44.4 Å². The average Bonchev–Trinajstić information content (AvgIpc) is 1.09. The summed E-state index contributed by atoms with van der Waals surface area (Å²) in [5.41, 5.74) is 24.0. The lowest BCUT2D eigenvalue weighted by atomic mass is 9.80. The van der Waals surface area contributed by atoms with Crippen LogP contribution in [0.1, 0.15) is 164 Å². The third-order valence-electron chi connectivity index (χ3n) is 24.2. The smallest absolute Gasteiger partial charge is 0.329 e. The number of cyclic esters (lactones) is 1. The standard InChI is InChI=1S/C92H141N13O23/c1-60-18-12-11-13-19-61(2)76(115-9)55-69-24-21-65(6)92(114,128-69)85(111)88(112)104-30-16-14-20-72(104)89(113)126-77(56-73(106)62(3)51-64(5)83(109)84(110)82(108)63(4)50-60)70(93)52-66-22-25-75(78(53-66)116-10)125-34-28-91(7,8)57-68-58-103(102-100-68)32-35-118-37-39-120-41-43-122-45-47-124-49-48-123-46-44-121-42-40-119-38-36-117-33-27-79(107)96-29-15-17-31-105-87-80(86(94)97-59-98-87)81(101-105)67-23-26-74-71(54-67)99-90(95)127-74/h11-13,18-19,23,26,51,54,58-60,62-63,65-66,69-70,72,75-78,83-84,109-110,114H,14-17,20-22,24-25,27-50,52-53,55-57,93H2,1-10H3,(H2,95,99)(H,96,107)(H2,94,97,98)/b13-11?,18-12+,61-19?,64-51+/t60-,62-,63-,65-,66+,69+,70-,72+,75-,76+,77+,78-,83-,84+,92-/m1/s1. The van der Waals surface area contributed by atoms with Crippen LogP contribution in [0.15, 0.2) is 82.7 Å². The predicted octanol–water partition coefficient (Wildman–Crippen LogP) is 7.72. The van der Waals surface area contributed by atoms with Crippen LogP contribution >= 0.6 is 0 Å². The number of carbonyl (C=O) groups is 6. The quantitative estimate of drug-likeness (QED) is 0.00848. The number of nitrogens with zero attached hydrogens (tertiary/aromatic N) is 9. The number of nitrogens with one attached hydrogen (secondary N) is 1. The van der Waals surface area contributed by atoms with Crippen LogP contribution in [0.3, 0.4) is 0 Å². The summed E-state index contributed by atoms with van der Waals surface area (Å²) in [4.78, 5) is 98.2. The third kappa shape index (κ3) is 32.3. The number of piperidine rings is 1. The lowest BCUT2D eigenvalue weighted by Crippen LogP contribution is -2.61. The number of amides is 2. The van der Waals surface area contributed by atoms with E-state index >= 15 is 0 Å². The number of allylic oxidation sites excluding steroid dienone is 6. The fourth-order valence-electron chi connectivity index (χ4n) is 16.6. The van der Waals surface area contributed by atoms with Gasteiger partial charge in [0.15, 0.2) is 17.0 Å². The van der Waals surface area contributed by atoms with E-state index in [0.717, 1.165) is 41.0 Å². The van der Waals surface area contributed by atoms with Crippen molar-refractivity contribution in [2.24, 2.45) is 40.7 Å². The summed E-state index contributed by atoms with van der Waals surface area (Å²) in [7, 11) is 3.21. The first kappa shape index (κ1) is 103. The molecule has 5 aromatic rings. The Morgan fingerprint density at radius 3 is 2.08 bits per heavy atom. The number of rotatable bonds is 44. The minimum absolute atomic E-state index is 0.0232. The van der Waals surface area contributed by atoms with Gasteiger partial charge >= 0.3 is 5.97 Å². The Morgan fingerprint density at radius 2 is 1.41 bits per heavy atom. The number of ketones is 3. The zero-order chi connectivity index (χ0) is 92.1. The maximum Gasteiger partial charge on any atom is 0.329 e. The number of aliphatic hydroxyl groups is 3. The van der Waals surface area contributed by atoms with E-state index in [4.69, 9.17) is 88.3 Å². The van der Waals surface area contributed by atoms with Gasteiger partial charge in [-0.15, -0.1) is 5.10 Å². The molecule has 7 heterocycles. The molecule has 2 saturated heterocycles. The van der Waals surface area contributed by atoms with Crippen molar-refractivity contribution in [1.29, 1.82) is 0 Å². The normalized spacial score (nSPS) is 25.9. The summed E-state index contributed by atoms with van der Waals surface area (Å²) in [6, 6.07) is 3.43. The second-order valence-electron chi connectivity index (χ2n) is 34.9. The number of hydrogen-bond acceptors (Lipinski definition) is 32. The van der Waals surface area contributed by atoms with E-state index in [1.807, 2.05) is 62.6 Å². The Labute approximate surface area is 751 Å². The van der Waals surface area contributed by atoms with Crippen molar-refractivity contribution >= 4 is 69.1 Å². The summed E-state index contributed by atoms with van der Waals surface area (Å²) < 4.78 is 85.1. The van der Waals surface area contributed by atoms with E-state index in [1.165, 1.54) is 19.3 Å². The maximum absolute atomic E-state index is 14.7. The van der Waals surface area contributed by atoms with Gasteiger partial charge in [-0.05, 0) is 150 Å². The molecule has 128 heavy (non-hydrogen) atoms. The topological polar surface area (TPSA) is 477 Å². The van der Waals surface area contributed by atoms with Gasteiger partial charge in [0.25, 0.3) is 17.7 Å². The van der Waals surface area contributed by atoms with Crippen LogP contribution in [0, 0.1) is 35.0 Å². The summed E-state index contributed by atoms with van der Waals surface area (Å²) in [6.45, 7) is 23.3. The van der Waals surface area contributed by atoms with Crippen LogP contribution in [-0.2, 0) is 110 Å². The van der Waals surface area contributed by atoms with Gasteiger partial charge in [0.1, 0.15) is 53.5 Å². The number of aromatic nitrogens is 8. The highest BCUT2D eigenvalue weighted by molar-refractivity contribution is 6.39. The van der Waals surface area contributed by atoms with Gasteiger partial charge in [0.2, 0.25) is 11.7 Å². The van der Waals surface area contributed by atoms with Gasteiger partial charge < -0.3 is 109 Å². The van der Waals surface area contributed by atoms with E-state index in [1.54, 1.807) is 50.4 Å². The number of nitrogen functional groups attached to an aromatic ring is 2. The predicted molar refractivity (Wildman–Crippen MR) is 476 cm³/mol. The molecule has 1 aromatic carbocycles. The average molecular weight is 1800 g/mol. The van der Waals surface area contributed by atoms with Crippen molar-refractivity contribution in [2.75, 3.05) is 151 Å². The molecule has 3 aliphatic heterocycles. The van der Waals surface area contributed by atoms with Crippen LogP contribution in [0.25, 0.3) is 33.4 Å². The molecule has 36 heteroatoms. The fraction of sp³-hybridized carbons (Fsp3) is 0.696. The molecular formula is C92H141N13O23. The molecule has 0 unspecified atom stereocenters. The SMILES string of the molecule is CO[C@H]1C[C@@H]2CC[C@@H](C)[C@@](O)(O2)C(=O)C(=O)N2CCCC[C@H]2C(=O)O[C@H]([C@H](N)C[C@@H]2CC[C@@H](OCCC(C)(C)Cc3cn(CCOCCOCCOCCOCCOCCOCCOCCOCCC(=O)NCCCCn4nc(-c5ccc6oc(N)nc6c5)c5c(N)ncnc54)nn3)[C@H](OC)C2)CC(=O)[C@H](C)/C=C(\C)[C@@H](O)[C@@H](O)C(=O)[C@H](C)C[C@H](C)/C=C/C=CC=C1C. The molecule has 15 atom stereocenters. The molecule has 0 radical (unpaired) electrons. The molecule has 4 aromatic heterocycles. The van der Waals surface area contributed by atoms with Gasteiger partial charge in [-0.1, -0.05) is 83.2 Å². The molecule has 2 bridgehead atoms. The van der Waals surface area contributed by atoms with Crippen molar-refractivity contribution < 1.29 is 110 Å². The second kappa shape index (κ2) is 53.3. The number of oxazole rings is 1. The number of Topliss-reactive ketones (excluding diaryl/α,β-unsaturated/α-hetero) is 3. The summed E-state index contributed by atoms with van der Waals surface area (Å²) in [5, 5.41) is 51.9. The minimum atomic E-state index is -2.49. The molecule has 3 fully saturated rings. The van der Waals surface area contributed by atoms with Crippen LogP contribution in [-0.4, -0.2) is 295 Å². The Kier molecular flexibility index (Phi) is 43.1. The monoisotopic (exact) mass is 1800 g/mol. The minimum Gasteiger partial charge on any atom is -0.459 e. The highest BCUT2D eigenvalue weighted by Crippen LogP contribution is 2.39. The van der Waals surface area contributed by atoms with Gasteiger partial charge in [-0.2, -0.15) is 10.1 Å². The number of nitrogens with two attached hydrogens (primary N) is 3. The number of methoxy groups -OCH3 is 2. The van der Waals surface area contributed by atoms with Crippen molar-refractivity contribution in [3.8, 4) is 11.3 Å². The summed E-state index contributed by atoms with van der Waals surface area (Å²) in [5.74, 6) is -8.70. The number of esters is 1. The highest BCUT2D eigenvalue weighted by Gasteiger charge is 2.53. The molecule has 10 N–H and O–H groups in total. The molecular weight excluding hydrogens is 1660 g/mol. The zero-order valence-electron chi connectivity index (χ0n) is 76.6. The Balaban J connectivity index is 0.594. The van der Waals surface area contributed by atoms with Gasteiger partial charge in [0.05, 0.1) is 148 Å². The molecule has 712 valence electrons. The van der Waals surface area contributed by atoms with E-state index in [0.29, 0.717) is 223 Å². The number of unbranched alkanes of at least 4 members (excludes halogenated alkanes) is 1. The first-order chi connectivity index (χ1) is 61.6. The molecule has 9 rings (SSSR count). The van der Waals surface area contributed by atoms with Crippen molar-refractivity contribution in [1.82, 2.24) is 49.9 Å². The number of benzene rings is 1. The number of hydrogen-bond donors (Lipinski definition) is 7. The van der Waals surface area contributed by atoms with Crippen LogP contribution in [0.5, 0.6) is 0 Å². The number of ether oxygens (including phenoxy) is 13. The zero-order valence-corrected chi connectivity index (χ0v) is 76.6. The fourth-order valence-corrected chi connectivity index (χ4v) is 16.6. The van der Waals surface area contributed by atoms with Crippen molar-refractivity contribution in [3.05, 3.63) is 84.0 Å². The van der Waals surface area contributed by atoms with E-state index < -0.39 is 95.4 Å². The first-order valence-electron chi connectivity index (χ1n) is 45.5. The molecule has 0 spiro atoms. The van der Waals surface area contributed by atoms with Crippen molar-refractivity contribution in [3.63, 3.8) is 0 Å². The molecule has 1 saturated carbocycles. The largest absolute Gasteiger partial charge is 0.459 e.